The van der Waals surface area contributed by atoms with Gasteiger partial charge in [0, 0.05) is 44.9 Å². The molecule has 2 atom stereocenters. The molecule has 12 heteroatoms. The highest BCUT2D eigenvalue weighted by atomic mass is 32.2. The second kappa shape index (κ2) is 10.3. The monoisotopic (exact) mass is 493 g/mol. The Bertz CT molecular complexity index is 889. The Morgan fingerprint density at radius 1 is 1.18 bits per heavy atom. The molecule has 3 heterocycles. The Kier molecular flexibility index (Phi) is 8.11. The van der Waals surface area contributed by atoms with Gasteiger partial charge in [-0.05, 0) is 46.6 Å². The van der Waals surface area contributed by atoms with E-state index >= 15 is 0 Å². The highest BCUT2D eigenvalue weighted by molar-refractivity contribution is 7.92. The van der Waals surface area contributed by atoms with Gasteiger partial charge in [0.1, 0.15) is 11.6 Å². The molecule has 2 saturated heterocycles. The normalized spacial score (nSPS) is 26.5. The molecule has 188 valence electrons. The first-order valence-electron chi connectivity index (χ1n) is 11.3. The van der Waals surface area contributed by atoms with Gasteiger partial charge in [0.2, 0.25) is 5.82 Å². The van der Waals surface area contributed by atoms with E-state index in [2.05, 4.69) is 20.2 Å². The highest BCUT2D eigenvalue weighted by Gasteiger charge is 2.39. The van der Waals surface area contributed by atoms with E-state index in [-0.39, 0.29) is 17.7 Å². The van der Waals surface area contributed by atoms with Crippen molar-refractivity contribution in [1.82, 2.24) is 14.9 Å². The third-order valence-electron chi connectivity index (χ3n) is 6.73. The first kappa shape index (κ1) is 26.0. The van der Waals surface area contributed by atoms with Crippen molar-refractivity contribution in [3.8, 4) is 0 Å². The number of likely N-dealkylation sites (N-methyl/N-ethyl adjacent to an activating group) is 1. The van der Waals surface area contributed by atoms with Crippen LogP contribution in [0.3, 0.4) is 0 Å². The minimum Gasteiger partial charge on any atom is -0.383 e. The van der Waals surface area contributed by atoms with Crippen LogP contribution in [0.4, 0.5) is 24.8 Å². The zero-order valence-corrected chi connectivity index (χ0v) is 20.4. The summed E-state index contributed by atoms with van der Waals surface area (Å²) in [5, 5.41) is 1.94. The Labute approximate surface area is 193 Å². The first-order valence-corrected chi connectivity index (χ1v) is 12.9. The summed E-state index contributed by atoms with van der Waals surface area (Å²) < 4.78 is 70.3. The molecule has 2 aliphatic heterocycles. The van der Waals surface area contributed by atoms with E-state index in [9.17, 15) is 21.6 Å². The Balaban J connectivity index is 1.75. The van der Waals surface area contributed by atoms with Gasteiger partial charge >= 0.3 is 6.18 Å². The van der Waals surface area contributed by atoms with Gasteiger partial charge in [-0.15, -0.1) is 0 Å². The van der Waals surface area contributed by atoms with Crippen molar-refractivity contribution in [2.75, 3.05) is 50.6 Å². The smallest absolute Gasteiger partial charge is 0.383 e. The van der Waals surface area contributed by atoms with E-state index in [1.54, 1.807) is 27.0 Å². The molecule has 8 nitrogen and oxygen atoms in total. The number of ether oxygens (including phenoxy) is 1. The summed E-state index contributed by atoms with van der Waals surface area (Å²) >= 11 is 0. The molecule has 0 saturated carbocycles. The lowest BCUT2D eigenvalue weighted by Gasteiger charge is -2.37. The maximum Gasteiger partial charge on any atom is 0.451 e. The van der Waals surface area contributed by atoms with Crippen LogP contribution in [-0.2, 0) is 20.8 Å². The lowest BCUT2D eigenvalue weighted by Crippen LogP contribution is -2.45. The SMILES string of the molecule is COCCN(C)C1CCN(c2cc(NC3CC(C)S(=O)(=O)C(C)C3)nc(C(F)(F)F)n2)CC1. The Hall–Kier alpha value is -1.66. The molecule has 0 amide bonds. The summed E-state index contributed by atoms with van der Waals surface area (Å²) in [5.74, 6) is -0.871. The van der Waals surface area contributed by atoms with Crippen LogP contribution in [0.5, 0.6) is 0 Å². The zero-order valence-electron chi connectivity index (χ0n) is 19.6. The van der Waals surface area contributed by atoms with Crippen LogP contribution in [0.15, 0.2) is 6.07 Å². The van der Waals surface area contributed by atoms with Gasteiger partial charge in [0.25, 0.3) is 0 Å². The van der Waals surface area contributed by atoms with E-state index in [0.29, 0.717) is 38.6 Å². The molecular formula is C21H34F3N5O3S. The number of anilines is 2. The van der Waals surface area contributed by atoms with Crippen molar-refractivity contribution in [2.45, 2.75) is 68.3 Å². The molecule has 33 heavy (non-hydrogen) atoms. The van der Waals surface area contributed by atoms with Crippen molar-refractivity contribution < 1.29 is 26.3 Å². The maximum absolute atomic E-state index is 13.5. The maximum atomic E-state index is 13.5. The minimum absolute atomic E-state index is 0.0790. The third-order valence-corrected chi connectivity index (χ3v) is 9.36. The fourth-order valence-corrected chi connectivity index (χ4v) is 6.43. The van der Waals surface area contributed by atoms with E-state index in [4.69, 9.17) is 4.74 Å². The van der Waals surface area contributed by atoms with Crippen molar-refractivity contribution >= 4 is 21.5 Å². The van der Waals surface area contributed by atoms with Crippen LogP contribution in [0, 0.1) is 0 Å². The molecule has 1 N–H and O–H groups in total. The molecule has 0 spiro atoms. The number of sulfone groups is 1. The molecule has 0 radical (unpaired) electrons. The predicted octanol–water partition coefficient (Wildman–Crippen LogP) is 2.81. The average molecular weight is 494 g/mol. The number of nitrogens with zero attached hydrogens (tertiary/aromatic N) is 4. The number of aromatic nitrogens is 2. The summed E-state index contributed by atoms with van der Waals surface area (Å²) in [7, 11) is 0.470. The van der Waals surface area contributed by atoms with Crippen molar-refractivity contribution in [3.05, 3.63) is 11.9 Å². The molecule has 0 aliphatic carbocycles. The number of nitrogens with one attached hydrogen (secondary N) is 1. The molecule has 1 aromatic rings. The van der Waals surface area contributed by atoms with Gasteiger partial charge < -0.3 is 19.9 Å². The van der Waals surface area contributed by atoms with Crippen molar-refractivity contribution in [2.24, 2.45) is 0 Å². The summed E-state index contributed by atoms with van der Waals surface area (Å²) in [6, 6.07) is 1.61. The molecular weight excluding hydrogens is 459 g/mol. The van der Waals surface area contributed by atoms with Crippen LogP contribution >= 0.6 is 0 Å². The number of hydrogen-bond acceptors (Lipinski definition) is 8. The summed E-state index contributed by atoms with van der Waals surface area (Å²) in [6.45, 7) is 5.89. The van der Waals surface area contributed by atoms with Crippen LogP contribution < -0.4 is 10.2 Å². The van der Waals surface area contributed by atoms with Gasteiger partial charge in [-0.25, -0.2) is 18.4 Å². The molecule has 1 aromatic heterocycles. The number of rotatable bonds is 7. The van der Waals surface area contributed by atoms with Crippen LogP contribution in [-0.4, -0.2) is 86.3 Å². The largest absolute Gasteiger partial charge is 0.451 e. The van der Waals surface area contributed by atoms with E-state index < -0.39 is 32.3 Å². The van der Waals surface area contributed by atoms with Crippen LogP contribution in [0.1, 0.15) is 45.4 Å². The van der Waals surface area contributed by atoms with Crippen molar-refractivity contribution in [1.29, 1.82) is 0 Å². The molecule has 3 rings (SSSR count). The Morgan fingerprint density at radius 2 is 1.79 bits per heavy atom. The molecule has 2 fully saturated rings. The molecule has 0 aromatic carbocycles. The summed E-state index contributed by atoms with van der Waals surface area (Å²) in [6.07, 6.45) is -2.41. The second-order valence-electron chi connectivity index (χ2n) is 9.15. The third kappa shape index (κ3) is 6.27. The topological polar surface area (TPSA) is 87.7 Å². The minimum atomic E-state index is -4.68. The molecule has 0 bridgehead atoms. The lowest BCUT2D eigenvalue weighted by molar-refractivity contribution is -0.144. The van der Waals surface area contributed by atoms with Gasteiger partial charge in [-0.1, -0.05) is 0 Å². The molecule has 2 unspecified atom stereocenters. The predicted molar refractivity (Wildman–Crippen MR) is 121 cm³/mol. The van der Waals surface area contributed by atoms with Gasteiger partial charge in [-0.2, -0.15) is 13.2 Å². The second-order valence-corrected chi connectivity index (χ2v) is 11.9. The molecule has 2 aliphatic rings. The fourth-order valence-electron chi connectivity index (χ4n) is 4.64. The van der Waals surface area contributed by atoms with Crippen molar-refractivity contribution in [3.63, 3.8) is 0 Å². The quantitative estimate of drug-likeness (QED) is 0.621. The van der Waals surface area contributed by atoms with Crippen LogP contribution in [0.2, 0.25) is 0 Å². The fraction of sp³-hybridized carbons (Fsp3) is 0.810. The number of methoxy groups -OCH3 is 1. The number of halogens is 3. The highest BCUT2D eigenvalue weighted by Crippen LogP contribution is 2.32. The first-order chi connectivity index (χ1) is 15.4. The van der Waals surface area contributed by atoms with E-state index in [1.807, 2.05) is 11.9 Å². The van der Waals surface area contributed by atoms with E-state index in [1.165, 1.54) is 0 Å². The van der Waals surface area contributed by atoms with Gasteiger partial charge in [-0.3, -0.25) is 0 Å². The van der Waals surface area contributed by atoms with Gasteiger partial charge in [0.15, 0.2) is 9.84 Å². The summed E-state index contributed by atoms with van der Waals surface area (Å²) in [4.78, 5) is 11.6. The number of piperidine rings is 1. The average Bonchev–Trinajstić information content (AvgIpc) is 2.75. The zero-order chi connectivity index (χ0) is 24.4. The number of alkyl halides is 3. The standard InChI is InChI=1S/C21H34F3N5O3S/c1-14-11-16(12-15(2)33(14,30)31)25-18-13-19(27-20(26-18)21(22,23)24)29-7-5-17(6-8-29)28(3)9-10-32-4/h13-17H,5-12H2,1-4H3,(H,25,26,27). The number of hydrogen-bond donors (Lipinski definition) is 1. The Morgan fingerprint density at radius 3 is 2.33 bits per heavy atom. The summed E-state index contributed by atoms with van der Waals surface area (Å²) in [5.41, 5.74) is 0. The van der Waals surface area contributed by atoms with Crippen LogP contribution in [0.25, 0.3) is 0 Å². The lowest BCUT2D eigenvalue weighted by atomic mass is 10.0. The van der Waals surface area contributed by atoms with E-state index in [0.717, 1.165) is 19.4 Å². The van der Waals surface area contributed by atoms with Gasteiger partial charge in [0.05, 0.1) is 17.1 Å².